The molecule has 0 unspecified atom stereocenters. The largest absolute Gasteiger partial charge is 0.492 e. The summed E-state index contributed by atoms with van der Waals surface area (Å²) in [5, 5.41) is 3.07. The number of carbonyl (C=O) groups is 1. The van der Waals surface area contributed by atoms with Crippen molar-refractivity contribution in [1.29, 1.82) is 0 Å². The topological polar surface area (TPSA) is 41.6 Å². The summed E-state index contributed by atoms with van der Waals surface area (Å²) in [5.41, 5.74) is 1.03. The van der Waals surface area contributed by atoms with Crippen LogP contribution in [0.2, 0.25) is 0 Å². The van der Waals surface area contributed by atoms with Crippen LogP contribution in [-0.2, 0) is 4.79 Å². The maximum absolute atomic E-state index is 14.0. The van der Waals surface area contributed by atoms with Crippen LogP contribution in [0, 0.1) is 5.82 Å². The number of thiocarbonyl (C=S) groups is 1. The molecule has 0 atom stereocenters. The fraction of sp³-hybridized carbons (Fsp3) is 0.111. The Morgan fingerprint density at radius 2 is 2.08 bits per heavy atom. The van der Waals surface area contributed by atoms with Gasteiger partial charge in [-0.15, -0.1) is 0 Å². The lowest BCUT2D eigenvalue weighted by Gasteiger charge is -2.17. The summed E-state index contributed by atoms with van der Waals surface area (Å²) in [6.07, 6.45) is 1.44. The molecule has 0 spiro atoms. The zero-order chi connectivity index (χ0) is 18.0. The number of amides is 1. The number of nitrogens with one attached hydrogen (secondary N) is 1. The van der Waals surface area contributed by atoms with Crippen LogP contribution in [0.25, 0.3) is 6.08 Å². The van der Waals surface area contributed by atoms with Crippen LogP contribution in [0.5, 0.6) is 5.75 Å². The van der Waals surface area contributed by atoms with E-state index >= 15 is 0 Å². The van der Waals surface area contributed by atoms with Crippen molar-refractivity contribution in [1.82, 2.24) is 5.32 Å². The van der Waals surface area contributed by atoms with Crippen LogP contribution in [-0.4, -0.2) is 17.6 Å². The Bertz CT molecular complexity index is 885. The smallest absolute Gasteiger partial charge is 0.281 e. The number of carbonyl (C=O) groups excluding carboxylic acids is 1. The molecule has 4 nitrogen and oxygen atoms in total. The molecule has 1 saturated heterocycles. The Kier molecular flexibility index (Phi) is 5.15. The van der Waals surface area contributed by atoms with Crippen molar-refractivity contribution in [2.24, 2.45) is 0 Å². The molecule has 3 rings (SSSR count). The number of benzene rings is 2. The van der Waals surface area contributed by atoms with E-state index in [1.807, 2.05) is 13.0 Å². The maximum Gasteiger partial charge on any atom is 0.281 e. The fourth-order valence-electron chi connectivity index (χ4n) is 2.45. The van der Waals surface area contributed by atoms with Crippen molar-refractivity contribution in [3.63, 3.8) is 0 Å². The van der Waals surface area contributed by atoms with Crippen molar-refractivity contribution in [2.45, 2.75) is 6.92 Å². The second-order valence-corrected chi connectivity index (χ2v) is 6.50. The van der Waals surface area contributed by atoms with E-state index in [1.165, 1.54) is 17.0 Å². The standard InChI is InChI=1S/C18H14BrFN2O2S/c1-2-24-16-6-4-3-5-15(16)22-17(23)14(21-18(22)25)10-11-9-12(19)7-8-13(11)20/h3-10H,2H2,1H3,(H,21,25)/b14-10+. The lowest BCUT2D eigenvalue weighted by atomic mass is 10.1. The summed E-state index contributed by atoms with van der Waals surface area (Å²) in [7, 11) is 0. The lowest BCUT2D eigenvalue weighted by Crippen LogP contribution is -2.30. The van der Waals surface area contributed by atoms with Gasteiger partial charge in [0.05, 0.1) is 12.3 Å². The van der Waals surface area contributed by atoms with E-state index in [1.54, 1.807) is 30.3 Å². The number of ether oxygens (including phenoxy) is 1. The van der Waals surface area contributed by atoms with E-state index in [-0.39, 0.29) is 22.3 Å². The van der Waals surface area contributed by atoms with Crippen LogP contribution in [0.3, 0.4) is 0 Å². The number of rotatable bonds is 4. The SMILES string of the molecule is CCOc1ccccc1N1C(=O)/C(=C\c2cc(Br)ccc2F)NC1=S. The lowest BCUT2D eigenvalue weighted by molar-refractivity contribution is -0.113. The summed E-state index contributed by atoms with van der Waals surface area (Å²) < 4.78 is 20.2. The Labute approximate surface area is 158 Å². The van der Waals surface area contributed by atoms with Crippen LogP contribution < -0.4 is 15.0 Å². The minimum atomic E-state index is -0.426. The molecule has 1 amide bonds. The van der Waals surface area contributed by atoms with Crippen LogP contribution >= 0.6 is 28.1 Å². The van der Waals surface area contributed by atoms with E-state index in [2.05, 4.69) is 21.2 Å². The third kappa shape index (κ3) is 3.57. The summed E-state index contributed by atoms with van der Waals surface area (Å²) in [4.78, 5) is 14.1. The van der Waals surface area contributed by atoms with E-state index in [4.69, 9.17) is 17.0 Å². The first-order valence-electron chi connectivity index (χ1n) is 7.55. The molecular formula is C18H14BrFN2O2S. The van der Waals surface area contributed by atoms with Gasteiger partial charge in [0.25, 0.3) is 5.91 Å². The predicted molar refractivity (Wildman–Crippen MR) is 103 cm³/mol. The molecule has 1 aliphatic heterocycles. The number of para-hydroxylation sites is 2. The Morgan fingerprint density at radius 1 is 1.32 bits per heavy atom. The molecule has 0 saturated carbocycles. The van der Waals surface area contributed by atoms with Gasteiger partial charge in [-0.05, 0) is 55.5 Å². The second kappa shape index (κ2) is 7.33. The molecule has 7 heteroatoms. The average molecular weight is 421 g/mol. The van der Waals surface area contributed by atoms with Gasteiger partial charge in [0.1, 0.15) is 17.3 Å². The number of hydrogen-bond donors (Lipinski definition) is 1. The summed E-state index contributed by atoms with van der Waals surface area (Å²) in [6.45, 7) is 2.33. The predicted octanol–water partition coefficient (Wildman–Crippen LogP) is 4.25. The average Bonchev–Trinajstić information content (AvgIpc) is 2.86. The molecule has 0 aromatic heterocycles. The molecule has 2 aromatic carbocycles. The Hall–Kier alpha value is -2.25. The zero-order valence-corrected chi connectivity index (χ0v) is 15.7. The fourth-order valence-corrected chi connectivity index (χ4v) is 3.12. The van der Waals surface area contributed by atoms with Crippen LogP contribution in [0.1, 0.15) is 12.5 Å². The first kappa shape index (κ1) is 17.6. The van der Waals surface area contributed by atoms with Gasteiger partial charge < -0.3 is 10.1 Å². The van der Waals surface area contributed by atoms with Crippen molar-refractivity contribution < 1.29 is 13.9 Å². The van der Waals surface area contributed by atoms with Gasteiger partial charge in [-0.25, -0.2) is 9.29 Å². The molecule has 128 valence electrons. The van der Waals surface area contributed by atoms with Crippen LogP contribution in [0.4, 0.5) is 10.1 Å². The highest BCUT2D eigenvalue weighted by Gasteiger charge is 2.33. The minimum Gasteiger partial charge on any atom is -0.492 e. The van der Waals surface area contributed by atoms with Gasteiger partial charge in [-0.3, -0.25) is 4.79 Å². The molecule has 2 aromatic rings. The van der Waals surface area contributed by atoms with Crippen molar-refractivity contribution in [3.8, 4) is 5.75 Å². The molecule has 1 heterocycles. The van der Waals surface area contributed by atoms with Gasteiger partial charge in [0.15, 0.2) is 5.11 Å². The van der Waals surface area contributed by atoms with Gasteiger partial charge in [-0.2, -0.15) is 0 Å². The molecule has 0 aliphatic carbocycles. The number of anilines is 1. The quantitative estimate of drug-likeness (QED) is 0.592. The van der Waals surface area contributed by atoms with E-state index in [0.29, 0.717) is 22.5 Å². The molecular weight excluding hydrogens is 407 g/mol. The van der Waals surface area contributed by atoms with Gasteiger partial charge in [-0.1, -0.05) is 28.1 Å². The van der Waals surface area contributed by atoms with E-state index < -0.39 is 5.82 Å². The van der Waals surface area contributed by atoms with E-state index in [0.717, 1.165) is 0 Å². The van der Waals surface area contributed by atoms with Gasteiger partial charge in [0, 0.05) is 10.0 Å². The molecule has 1 N–H and O–H groups in total. The number of nitrogens with zero attached hydrogens (tertiary/aromatic N) is 1. The number of halogens is 2. The highest BCUT2D eigenvalue weighted by atomic mass is 79.9. The van der Waals surface area contributed by atoms with Crippen LogP contribution in [0.15, 0.2) is 52.6 Å². The minimum absolute atomic E-state index is 0.202. The normalized spacial score (nSPS) is 15.6. The summed E-state index contributed by atoms with van der Waals surface area (Å²) in [5.74, 6) is -0.238. The third-order valence-electron chi connectivity index (χ3n) is 3.54. The highest BCUT2D eigenvalue weighted by molar-refractivity contribution is 9.10. The third-order valence-corrected chi connectivity index (χ3v) is 4.32. The van der Waals surface area contributed by atoms with Crippen molar-refractivity contribution in [3.05, 3.63) is 64.0 Å². The molecule has 0 bridgehead atoms. The highest BCUT2D eigenvalue weighted by Crippen LogP contribution is 2.32. The van der Waals surface area contributed by atoms with Crippen molar-refractivity contribution in [2.75, 3.05) is 11.5 Å². The molecule has 25 heavy (non-hydrogen) atoms. The summed E-state index contributed by atoms with van der Waals surface area (Å²) >= 11 is 8.58. The Balaban J connectivity index is 1.98. The van der Waals surface area contributed by atoms with E-state index in [9.17, 15) is 9.18 Å². The molecule has 1 aliphatic rings. The van der Waals surface area contributed by atoms with Crippen molar-refractivity contribution >= 4 is 50.9 Å². The molecule has 0 radical (unpaired) electrons. The van der Waals surface area contributed by atoms with Gasteiger partial charge >= 0.3 is 0 Å². The molecule has 1 fully saturated rings. The monoisotopic (exact) mass is 420 g/mol. The second-order valence-electron chi connectivity index (χ2n) is 5.20. The zero-order valence-electron chi connectivity index (χ0n) is 13.3. The van der Waals surface area contributed by atoms with Gasteiger partial charge in [0.2, 0.25) is 0 Å². The first-order valence-corrected chi connectivity index (χ1v) is 8.75. The summed E-state index contributed by atoms with van der Waals surface area (Å²) in [6, 6.07) is 11.6. The number of hydrogen-bond acceptors (Lipinski definition) is 3. The Morgan fingerprint density at radius 3 is 2.84 bits per heavy atom. The maximum atomic E-state index is 14.0. The first-order chi connectivity index (χ1) is 12.0.